The molecule has 1 saturated carbocycles. The van der Waals surface area contributed by atoms with E-state index < -0.39 is 39.8 Å². The van der Waals surface area contributed by atoms with Crippen molar-refractivity contribution in [1.82, 2.24) is 14.1 Å². The van der Waals surface area contributed by atoms with Gasteiger partial charge in [-0.05, 0) is 74.1 Å². The Morgan fingerprint density at radius 3 is 2.17 bits per heavy atom. The largest absolute Gasteiger partial charge is 0.448 e. The molecule has 2 aromatic carbocycles. The Labute approximate surface area is 240 Å². The Hall–Kier alpha value is -2.27. The van der Waals surface area contributed by atoms with Crippen LogP contribution in [0, 0.1) is 11.6 Å². The van der Waals surface area contributed by atoms with E-state index in [0.29, 0.717) is 43.4 Å². The van der Waals surface area contributed by atoms with Crippen molar-refractivity contribution in [3.8, 4) is 0 Å². The number of ether oxygens (including phenoxy) is 1. The van der Waals surface area contributed by atoms with Gasteiger partial charge in [-0.15, -0.1) is 0 Å². The minimum absolute atomic E-state index is 0.0100. The molecular formula is C29H36ClF2N3O4S. The monoisotopic (exact) mass is 595 g/mol. The lowest BCUT2D eigenvalue weighted by atomic mass is 9.93. The lowest BCUT2D eigenvalue weighted by molar-refractivity contribution is 0.0382. The van der Waals surface area contributed by atoms with Gasteiger partial charge in [0.05, 0.1) is 17.0 Å². The van der Waals surface area contributed by atoms with Gasteiger partial charge in [0, 0.05) is 43.3 Å². The number of halogens is 3. The second kappa shape index (κ2) is 12.7. The zero-order chi connectivity index (χ0) is 28.3. The smallest absolute Gasteiger partial charge is 0.409 e. The average molecular weight is 596 g/mol. The number of nitrogens with zero attached hydrogens (tertiary/aromatic N) is 3. The van der Waals surface area contributed by atoms with Crippen molar-refractivity contribution in [3.63, 3.8) is 0 Å². The van der Waals surface area contributed by atoms with E-state index in [1.807, 2.05) is 0 Å². The Balaban J connectivity index is 1.32. The Morgan fingerprint density at radius 2 is 1.52 bits per heavy atom. The van der Waals surface area contributed by atoms with Crippen LogP contribution in [0.1, 0.15) is 63.0 Å². The Bertz CT molecular complexity index is 1260. The molecule has 218 valence electrons. The topological polar surface area (TPSA) is 70.2 Å². The summed E-state index contributed by atoms with van der Waals surface area (Å²) in [4.78, 5) is 17.2. The van der Waals surface area contributed by atoms with Crippen LogP contribution < -0.4 is 0 Å². The predicted molar refractivity (Wildman–Crippen MR) is 149 cm³/mol. The molecule has 2 atom stereocenters. The standard InChI is InChI=1S/C29H36ClF2N3O4S/c30-22-9-11-27(12-10-22)40(37,38)35-26(7-4-8-28(35)21-17-23(31)19-24(32)18-21)20-39-29(36)34-15-13-33(14-16-34)25-5-2-1-3-6-25/h9-12,17-19,25-26,28H,1-8,13-16,20H2/t26-,28+/m1/s1. The number of rotatable bonds is 6. The second-order valence-corrected chi connectivity index (χ2v) is 13.3. The van der Waals surface area contributed by atoms with Gasteiger partial charge in [0.25, 0.3) is 0 Å². The number of hydrogen-bond donors (Lipinski definition) is 0. The van der Waals surface area contributed by atoms with Gasteiger partial charge in [-0.25, -0.2) is 22.0 Å². The number of carbonyl (C=O) groups excluding carboxylic acids is 1. The van der Waals surface area contributed by atoms with Crippen LogP contribution in [0.3, 0.4) is 0 Å². The van der Waals surface area contributed by atoms with Gasteiger partial charge >= 0.3 is 6.09 Å². The number of sulfonamides is 1. The summed E-state index contributed by atoms with van der Waals surface area (Å²) in [5, 5.41) is 0.385. The first-order valence-electron chi connectivity index (χ1n) is 14.1. The maximum atomic E-state index is 14.2. The fraction of sp³-hybridized carbons (Fsp3) is 0.552. The van der Waals surface area contributed by atoms with Crippen molar-refractivity contribution in [3.05, 3.63) is 64.7 Å². The first-order chi connectivity index (χ1) is 19.2. The molecule has 2 aromatic rings. The summed E-state index contributed by atoms with van der Waals surface area (Å²) in [6.07, 6.45) is 7.20. The molecule has 11 heteroatoms. The van der Waals surface area contributed by atoms with Gasteiger partial charge in [0.2, 0.25) is 10.0 Å². The van der Waals surface area contributed by atoms with Gasteiger partial charge in [-0.3, -0.25) is 4.90 Å². The highest BCUT2D eigenvalue weighted by Gasteiger charge is 2.42. The molecule has 1 amide bonds. The molecule has 0 aromatic heterocycles. The van der Waals surface area contributed by atoms with E-state index in [1.54, 1.807) is 4.90 Å². The summed E-state index contributed by atoms with van der Waals surface area (Å²) in [6.45, 7) is 2.58. The van der Waals surface area contributed by atoms with Gasteiger partial charge < -0.3 is 9.64 Å². The maximum Gasteiger partial charge on any atom is 0.409 e. The summed E-state index contributed by atoms with van der Waals surface area (Å²) >= 11 is 5.99. The molecule has 0 radical (unpaired) electrons. The molecule has 5 rings (SSSR count). The van der Waals surface area contributed by atoms with Crippen molar-refractivity contribution in [2.45, 2.75) is 74.4 Å². The number of carbonyl (C=O) groups is 1. The molecule has 7 nitrogen and oxygen atoms in total. The Kier molecular flexibility index (Phi) is 9.29. The zero-order valence-corrected chi connectivity index (χ0v) is 24.1. The van der Waals surface area contributed by atoms with Crippen molar-refractivity contribution in [1.29, 1.82) is 0 Å². The predicted octanol–water partition coefficient (Wildman–Crippen LogP) is 5.99. The van der Waals surface area contributed by atoms with Crippen LogP contribution >= 0.6 is 11.6 Å². The van der Waals surface area contributed by atoms with Crippen molar-refractivity contribution in [2.75, 3.05) is 32.8 Å². The van der Waals surface area contributed by atoms with E-state index in [-0.39, 0.29) is 17.1 Å². The van der Waals surface area contributed by atoms with Crippen LogP contribution in [-0.4, -0.2) is 73.5 Å². The fourth-order valence-corrected chi connectivity index (χ4v) is 8.33. The van der Waals surface area contributed by atoms with Crippen molar-refractivity contribution >= 4 is 27.7 Å². The van der Waals surface area contributed by atoms with Gasteiger partial charge in [0.15, 0.2) is 0 Å². The highest BCUT2D eigenvalue weighted by molar-refractivity contribution is 7.89. The first-order valence-corrected chi connectivity index (χ1v) is 15.9. The summed E-state index contributed by atoms with van der Waals surface area (Å²) in [5.74, 6) is -1.56. The van der Waals surface area contributed by atoms with Crippen LogP contribution in [0.15, 0.2) is 47.4 Å². The van der Waals surface area contributed by atoms with E-state index in [2.05, 4.69) is 4.90 Å². The maximum absolute atomic E-state index is 14.2. The molecule has 2 aliphatic heterocycles. The highest BCUT2D eigenvalue weighted by atomic mass is 35.5. The van der Waals surface area contributed by atoms with E-state index in [4.69, 9.17) is 16.3 Å². The summed E-state index contributed by atoms with van der Waals surface area (Å²) in [5.41, 5.74) is 0.227. The third kappa shape index (κ3) is 6.61. The van der Waals surface area contributed by atoms with Gasteiger partial charge in [-0.2, -0.15) is 4.31 Å². The molecule has 2 saturated heterocycles. The molecule has 0 unspecified atom stereocenters. The SMILES string of the molecule is O=C(OC[C@H]1CCC[C@@H](c2cc(F)cc(F)c2)N1S(=O)(=O)c1ccc(Cl)cc1)N1CCN(C2CCCCC2)CC1. The molecular weight excluding hydrogens is 560 g/mol. The molecule has 3 fully saturated rings. The number of piperidine rings is 1. The molecule has 1 aliphatic carbocycles. The van der Waals surface area contributed by atoms with Crippen LogP contribution in [-0.2, 0) is 14.8 Å². The molecule has 0 bridgehead atoms. The lowest BCUT2D eigenvalue weighted by Gasteiger charge is -2.42. The number of piperazine rings is 1. The fourth-order valence-electron chi connectivity index (χ4n) is 6.36. The van der Waals surface area contributed by atoms with Gasteiger partial charge in [-0.1, -0.05) is 30.9 Å². The van der Waals surface area contributed by atoms with E-state index in [9.17, 15) is 22.0 Å². The van der Waals surface area contributed by atoms with Crippen molar-refractivity contribution < 1.29 is 26.7 Å². The quantitative estimate of drug-likeness (QED) is 0.410. The Morgan fingerprint density at radius 1 is 0.875 bits per heavy atom. The number of amides is 1. The number of hydrogen-bond acceptors (Lipinski definition) is 5. The second-order valence-electron chi connectivity index (χ2n) is 11.0. The van der Waals surface area contributed by atoms with Gasteiger partial charge in [0.1, 0.15) is 18.2 Å². The third-order valence-electron chi connectivity index (χ3n) is 8.40. The molecule has 3 aliphatic rings. The molecule has 40 heavy (non-hydrogen) atoms. The lowest BCUT2D eigenvalue weighted by Crippen LogP contribution is -2.53. The highest BCUT2D eigenvalue weighted by Crippen LogP contribution is 2.39. The van der Waals surface area contributed by atoms with Crippen molar-refractivity contribution in [2.24, 2.45) is 0 Å². The van der Waals surface area contributed by atoms with E-state index in [0.717, 1.165) is 31.3 Å². The minimum atomic E-state index is -4.13. The van der Waals surface area contributed by atoms with E-state index in [1.165, 1.54) is 60.7 Å². The van der Waals surface area contributed by atoms with Crippen LogP contribution in [0.25, 0.3) is 0 Å². The first kappa shape index (κ1) is 29.2. The summed E-state index contributed by atoms with van der Waals surface area (Å²) in [6, 6.07) is 7.95. The minimum Gasteiger partial charge on any atom is -0.448 e. The van der Waals surface area contributed by atoms with E-state index >= 15 is 0 Å². The number of benzene rings is 2. The normalized spacial score (nSPS) is 23.7. The molecule has 2 heterocycles. The molecule has 0 N–H and O–H groups in total. The average Bonchev–Trinajstić information content (AvgIpc) is 2.96. The molecule has 0 spiro atoms. The van der Waals surface area contributed by atoms with Crippen LogP contribution in [0.2, 0.25) is 5.02 Å². The van der Waals surface area contributed by atoms with Crippen LogP contribution in [0.5, 0.6) is 0 Å². The zero-order valence-electron chi connectivity index (χ0n) is 22.5. The third-order valence-corrected chi connectivity index (χ3v) is 10.6. The summed E-state index contributed by atoms with van der Waals surface area (Å²) in [7, 11) is -4.13. The van der Waals surface area contributed by atoms with Crippen LogP contribution in [0.4, 0.5) is 13.6 Å². The summed E-state index contributed by atoms with van der Waals surface area (Å²) < 4.78 is 63.2.